The van der Waals surface area contributed by atoms with Crippen molar-refractivity contribution < 1.29 is 27.1 Å². The second-order valence-electron chi connectivity index (χ2n) is 6.38. The Labute approximate surface area is 168 Å². The molecular formula is C20H14F4N4O2. The van der Waals surface area contributed by atoms with Gasteiger partial charge in [0.15, 0.2) is 17.4 Å². The van der Waals surface area contributed by atoms with Gasteiger partial charge in [0.25, 0.3) is 0 Å². The molecule has 154 valence electrons. The summed E-state index contributed by atoms with van der Waals surface area (Å²) in [6, 6.07) is 8.42. The molecule has 0 saturated carbocycles. The lowest BCUT2D eigenvalue weighted by Gasteiger charge is -2.29. The average Bonchev–Trinajstić information content (AvgIpc) is 2.74. The Kier molecular flexibility index (Phi) is 4.98. The van der Waals surface area contributed by atoms with Gasteiger partial charge in [0.1, 0.15) is 6.61 Å². The largest absolute Gasteiger partial charge is 0.488 e. The van der Waals surface area contributed by atoms with Crippen LogP contribution in [0.3, 0.4) is 0 Å². The molecule has 1 aromatic carbocycles. The highest BCUT2D eigenvalue weighted by atomic mass is 19.4. The van der Waals surface area contributed by atoms with E-state index in [1.54, 1.807) is 0 Å². The molecule has 10 heteroatoms. The Bertz CT molecular complexity index is 1100. The maximum absolute atomic E-state index is 13.8. The SMILES string of the molecule is O=C(Nc1ccncc1F)N1CCOc2ccc(-c3cccc(C(F)(F)F)c3)nc21. The molecular weight excluding hydrogens is 404 g/mol. The fraction of sp³-hybridized carbons (Fsp3) is 0.150. The minimum absolute atomic E-state index is 0.0583. The van der Waals surface area contributed by atoms with Crippen molar-refractivity contribution in [3.05, 3.63) is 66.2 Å². The second-order valence-corrected chi connectivity index (χ2v) is 6.38. The van der Waals surface area contributed by atoms with Crippen LogP contribution in [0, 0.1) is 5.82 Å². The molecule has 1 N–H and O–H groups in total. The van der Waals surface area contributed by atoms with E-state index < -0.39 is 23.6 Å². The number of halogens is 4. The van der Waals surface area contributed by atoms with Crippen LogP contribution >= 0.6 is 0 Å². The van der Waals surface area contributed by atoms with Gasteiger partial charge in [0.05, 0.1) is 29.7 Å². The number of ether oxygens (including phenoxy) is 1. The molecule has 0 saturated heterocycles. The molecule has 0 fully saturated rings. The van der Waals surface area contributed by atoms with Crippen molar-refractivity contribution in [2.75, 3.05) is 23.4 Å². The van der Waals surface area contributed by atoms with Gasteiger partial charge in [-0.25, -0.2) is 14.2 Å². The van der Waals surface area contributed by atoms with Crippen LogP contribution in [0.25, 0.3) is 11.3 Å². The van der Waals surface area contributed by atoms with Gasteiger partial charge in [-0.3, -0.25) is 9.88 Å². The van der Waals surface area contributed by atoms with Crippen molar-refractivity contribution in [2.45, 2.75) is 6.18 Å². The van der Waals surface area contributed by atoms with Gasteiger partial charge in [-0.15, -0.1) is 0 Å². The first-order valence-electron chi connectivity index (χ1n) is 8.82. The fourth-order valence-corrected chi connectivity index (χ4v) is 2.97. The van der Waals surface area contributed by atoms with Crippen LogP contribution in [-0.4, -0.2) is 29.2 Å². The molecule has 1 aliphatic rings. The zero-order chi connectivity index (χ0) is 21.3. The first kappa shape index (κ1) is 19.6. The van der Waals surface area contributed by atoms with Crippen LogP contribution in [0.5, 0.6) is 5.75 Å². The smallest absolute Gasteiger partial charge is 0.416 e. The molecule has 30 heavy (non-hydrogen) atoms. The molecule has 6 nitrogen and oxygen atoms in total. The number of rotatable bonds is 2. The summed E-state index contributed by atoms with van der Waals surface area (Å²) in [6.07, 6.45) is -2.20. The predicted octanol–water partition coefficient (Wildman–Crippen LogP) is 4.73. The number of fused-ring (bicyclic) bond motifs is 1. The first-order valence-corrected chi connectivity index (χ1v) is 8.82. The number of carbonyl (C=O) groups is 1. The third-order valence-corrected chi connectivity index (χ3v) is 4.41. The van der Waals surface area contributed by atoms with E-state index in [1.807, 2.05) is 0 Å². The first-order chi connectivity index (χ1) is 14.3. The summed E-state index contributed by atoms with van der Waals surface area (Å²) in [7, 11) is 0. The summed E-state index contributed by atoms with van der Waals surface area (Å²) >= 11 is 0. The van der Waals surface area contributed by atoms with Crippen LogP contribution in [0.4, 0.5) is 33.9 Å². The Morgan fingerprint density at radius 2 is 2.00 bits per heavy atom. The number of aromatic nitrogens is 2. The zero-order valence-corrected chi connectivity index (χ0v) is 15.3. The van der Waals surface area contributed by atoms with Crippen molar-refractivity contribution in [1.29, 1.82) is 0 Å². The Balaban J connectivity index is 1.67. The quantitative estimate of drug-likeness (QED) is 0.611. The summed E-state index contributed by atoms with van der Waals surface area (Å²) in [6.45, 7) is 0.314. The number of hydrogen-bond acceptors (Lipinski definition) is 4. The molecule has 0 bridgehead atoms. The second kappa shape index (κ2) is 7.62. The van der Waals surface area contributed by atoms with Crippen LogP contribution in [0.2, 0.25) is 0 Å². The molecule has 0 spiro atoms. The van der Waals surface area contributed by atoms with E-state index in [0.717, 1.165) is 18.3 Å². The number of anilines is 2. The fourth-order valence-electron chi connectivity index (χ4n) is 2.97. The molecule has 0 radical (unpaired) electrons. The van der Waals surface area contributed by atoms with Gasteiger partial charge < -0.3 is 10.1 Å². The Morgan fingerprint density at radius 3 is 2.77 bits per heavy atom. The topological polar surface area (TPSA) is 67.4 Å². The highest BCUT2D eigenvalue weighted by Gasteiger charge is 2.31. The summed E-state index contributed by atoms with van der Waals surface area (Å²) in [5.74, 6) is -0.282. The lowest BCUT2D eigenvalue weighted by Crippen LogP contribution is -2.41. The van der Waals surface area contributed by atoms with E-state index >= 15 is 0 Å². The third-order valence-electron chi connectivity index (χ3n) is 4.41. The Hall–Kier alpha value is -3.69. The molecule has 3 heterocycles. The molecule has 3 aromatic rings. The Morgan fingerprint density at radius 1 is 1.17 bits per heavy atom. The number of nitrogens with one attached hydrogen (secondary N) is 1. The van der Waals surface area contributed by atoms with Crippen LogP contribution < -0.4 is 15.0 Å². The molecule has 4 rings (SSSR count). The molecule has 2 aromatic heterocycles. The van der Waals surface area contributed by atoms with Crippen LogP contribution in [-0.2, 0) is 6.18 Å². The van der Waals surface area contributed by atoms with Crippen LogP contribution in [0.15, 0.2) is 54.9 Å². The third kappa shape index (κ3) is 3.88. The zero-order valence-electron chi connectivity index (χ0n) is 15.3. The number of pyridine rings is 2. The highest BCUT2D eigenvalue weighted by molar-refractivity contribution is 6.02. The number of alkyl halides is 3. The standard InChI is InChI=1S/C20H14F4N4O2/c21-14-11-25-7-6-16(14)27-19(29)28-8-9-30-17-5-4-15(26-18(17)28)12-2-1-3-13(10-12)20(22,23)24/h1-7,10-11H,8-9H2,(H,25,27,29). The molecule has 2 amide bonds. The number of amides is 2. The monoisotopic (exact) mass is 418 g/mol. The van der Waals surface area contributed by atoms with Gasteiger partial charge in [-0.1, -0.05) is 12.1 Å². The number of benzene rings is 1. The highest BCUT2D eigenvalue weighted by Crippen LogP contribution is 2.35. The van der Waals surface area contributed by atoms with Gasteiger partial charge in [0, 0.05) is 11.8 Å². The number of urea groups is 1. The van der Waals surface area contributed by atoms with Crippen molar-refractivity contribution in [1.82, 2.24) is 9.97 Å². The van der Waals surface area contributed by atoms with E-state index in [0.29, 0.717) is 5.75 Å². The average molecular weight is 418 g/mol. The summed E-state index contributed by atoms with van der Waals surface area (Å²) in [5.41, 5.74) is -0.396. The van der Waals surface area contributed by atoms with Gasteiger partial charge in [-0.05, 0) is 30.3 Å². The molecule has 0 unspecified atom stereocenters. The van der Waals surface area contributed by atoms with E-state index in [9.17, 15) is 22.4 Å². The van der Waals surface area contributed by atoms with Crippen molar-refractivity contribution >= 4 is 17.5 Å². The van der Waals surface area contributed by atoms with Crippen molar-refractivity contribution in [3.8, 4) is 17.0 Å². The van der Waals surface area contributed by atoms with E-state index in [4.69, 9.17) is 4.74 Å². The maximum Gasteiger partial charge on any atom is 0.416 e. The van der Waals surface area contributed by atoms with E-state index in [-0.39, 0.29) is 35.9 Å². The minimum Gasteiger partial charge on any atom is -0.488 e. The number of nitrogens with zero attached hydrogens (tertiary/aromatic N) is 3. The van der Waals surface area contributed by atoms with Gasteiger partial charge in [-0.2, -0.15) is 13.2 Å². The van der Waals surface area contributed by atoms with Crippen molar-refractivity contribution in [2.24, 2.45) is 0 Å². The predicted molar refractivity (Wildman–Crippen MR) is 101 cm³/mol. The van der Waals surface area contributed by atoms with E-state index in [2.05, 4.69) is 15.3 Å². The van der Waals surface area contributed by atoms with Crippen LogP contribution in [0.1, 0.15) is 5.56 Å². The number of carbonyl (C=O) groups excluding carboxylic acids is 1. The number of hydrogen-bond donors (Lipinski definition) is 1. The lowest BCUT2D eigenvalue weighted by atomic mass is 10.1. The normalized spacial score (nSPS) is 13.4. The molecule has 0 aliphatic carbocycles. The maximum atomic E-state index is 13.8. The molecule has 0 atom stereocenters. The van der Waals surface area contributed by atoms with Crippen molar-refractivity contribution in [3.63, 3.8) is 0 Å². The minimum atomic E-state index is -4.49. The van der Waals surface area contributed by atoms with Gasteiger partial charge in [0.2, 0.25) is 0 Å². The summed E-state index contributed by atoms with van der Waals surface area (Å²) < 4.78 is 58.4. The summed E-state index contributed by atoms with van der Waals surface area (Å²) in [4.78, 5) is 21.9. The lowest BCUT2D eigenvalue weighted by molar-refractivity contribution is -0.137. The van der Waals surface area contributed by atoms with Gasteiger partial charge >= 0.3 is 12.2 Å². The summed E-state index contributed by atoms with van der Waals surface area (Å²) in [5, 5.41) is 2.44. The molecule has 1 aliphatic heterocycles. The van der Waals surface area contributed by atoms with E-state index in [1.165, 1.54) is 41.4 Å².